The zero-order valence-corrected chi connectivity index (χ0v) is 16.2. The van der Waals surface area contributed by atoms with Crippen LogP contribution >= 0.6 is 23.1 Å². The molecule has 0 saturated carbocycles. The van der Waals surface area contributed by atoms with E-state index in [9.17, 15) is 0 Å². The van der Waals surface area contributed by atoms with Gasteiger partial charge >= 0.3 is 0 Å². The van der Waals surface area contributed by atoms with Gasteiger partial charge in [-0.15, -0.1) is 11.3 Å². The Kier molecular flexibility index (Phi) is 3.73. The first kappa shape index (κ1) is 15.9. The molecule has 0 saturated heterocycles. The van der Waals surface area contributed by atoms with Crippen molar-refractivity contribution < 1.29 is 0 Å². The van der Waals surface area contributed by atoms with Crippen LogP contribution in [0.1, 0.15) is 13.8 Å². The molecule has 0 fully saturated rings. The number of hydrogen-bond acceptors (Lipinski definition) is 3. The predicted molar refractivity (Wildman–Crippen MR) is 116 cm³/mol. The minimum absolute atomic E-state index is 1.26. The third-order valence-corrected chi connectivity index (χ3v) is 6.97. The highest BCUT2D eigenvalue weighted by atomic mass is 32.2. The number of thiophene rings is 1. The van der Waals surface area contributed by atoms with Gasteiger partial charge in [0.05, 0.1) is 0 Å². The van der Waals surface area contributed by atoms with E-state index in [2.05, 4.69) is 59.6 Å². The summed E-state index contributed by atoms with van der Waals surface area (Å²) in [5.41, 5.74) is 2.68. The zero-order valence-electron chi connectivity index (χ0n) is 14.6. The second kappa shape index (κ2) is 6.11. The van der Waals surface area contributed by atoms with Gasteiger partial charge in [0, 0.05) is 53.1 Å². The number of fused-ring (bicyclic) bond motifs is 6. The Bertz CT molecular complexity index is 1280. The summed E-state index contributed by atoms with van der Waals surface area (Å²) in [5, 5.41) is 5.32. The first-order valence-electron chi connectivity index (χ1n) is 8.89. The van der Waals surface area contributed by atoms with E-state index in [0.717, 1.165) is 0 Å². The lowest BCUT2D eigenvalue weighted by Crippen LogP contribution is -1.93. The van der Waals surface area contributed by atoms with Crippen LogP contribution in [0.25, 0.3) is 42.1 Å². The molecule has 26 heavy (non-hydrogen) atoms. The maximum absolute atomic E-state index is 4.55. The first-order valence-corrected chi connectivity index (χ1v) is 10.5. The summed E-state index contributed by atoms with van der Waals surface area (Å²) in [6.07, 6.45) is 4.05. The van der Waals surface area contributed by atoms with Crippen LogP contribution in [0.15, 0.2) is 76.8 Å². The highest BCUT2D eigenvalue weighted by molar-refractivity contribution is 7.99. The third kappa shape index (κ3) is 2.14. The van der Waals surface area contributed by atoms with Gasteiger partial charge in [0.15, 0.2) is 0 Å². The van der Waals surface area contributed by atoms with E-state index in [-0.39, 0.29) is 0 Å². The highest BCUT2D eigenvalue weighted by Gasteiger charge is 2.22. The van der Waals surface area contributed by atoms with Gasteiger partial charge in [-0.05, 0) is 29.3 Å². The largest absolute Gasteiger partial charge is 0.263 e. The molecule has 0 atom stereocenters. The Balaban J connectivity index is 0.000000727. The van der Waals surface area contributed by atoms with Crippen LogP contribution in [0.5, 0.6) is 0 Å². The molecule has 126 valence electrons. The summed E-state index contributed by atoms with van der Waals surface area (Å²) in [6, 6.07) is 19.8. The molecular weight excluding hydrogens is 354 g/mol. The summed E-state index contributed by atoms with van der Waals surface area (Å²) in [4.78, 5) is 7.13. The van der Waals surface area contributed by atoms with Gasteiger partial charge in [0.2, 0.25) is 0 Å². The van der Waals surface area contributed by atoms with E-state index in [1.54, 1.807) is 0 Å². The first-order chi connectivity index (χ1) is 12.9. The molecule has 1 nitrogen and oxygen atoms in total. The number of benzene rings is 3. The number of pyridine rings is 1. The maximum Gasteiger partial charge on any atom is 0.0414 e. The monoisotopic (exact) mass is 371 g/mol. The van der Waals surface area contributed by atoms with Crippen molar-refractivity contribution in [2.24, 2.45) is 0 Å². The van der Waals surface area contributed by atoms with Crippen LogP contribution in [-0.2, 0) is 0 Å². The van der Waals surface area contributed by atoms with E-state index in [0.29, 0.717) is 0 Å². The predicted octanol–water partition coefficient (Wildman–Crippen LogP) is 7.76. The molecule has 5 aromatic rings. The van der Waals surface area contributed by atoms with E-state index in [1.165, 1.54) is 51.9 Å². The van der Waals surface area contributed by atoms with Crippen molar-refractivity contribution in [2.75, 3.05) is 0 Å². The van der Waals surface area contributed by atoms with Crippen molar-refractivity contribution in [1.82, 2.24) is 4.98 Å². The Morgan fingerprint density at radius 3 is 2.42 bits per heavy atom. The summed E-state index contributed by atoms with van der Waals surface area (Å²) in [6.45, 7) is 4.00. The third-order valence-electron chi connectivity index (χ3n) is 4.75. The van der Waals surface area contributed by atoms with Gasteiger partial charge in [-0.3, -0.25) is 4.98 Å². The lowest BCUT2D eigenvalue weighted by molar-refractivity contribution is 1.27. The zero-order chi connectivity index (χ0) is 17.7. The standard InChI is InChI=1S/C21H11NS2.C2H6/c1-3-7-16-12(5-1)14-9-18-20(13-6-2-4-8-17(13)23-18)15-10-22-11-19(24-16)21(14)15;1-2/h1-11H;1-2H3. The fraction of sp³-hybridized carbons (Fsp3) is 0.0870. The average Bonchev–Trinajstić information content (AvgIpc) is 3.08. The van der Waals surface area contributed by atoms with E-state index >= 15 is 0 Å². The molecule has 0 aliphatic carbocycles. The SMILES string of the molecule is CC.c1ccc2c(c1)Sc1cncc3c1c-2cc1sc2ccccc2c13. The van der Waals surface area contributed by atoms with Crippen molar-refractivity contribution >= 4 is 54.0 Å². The Labute approximate surface area is 160 Å². The highest BCUT2D eigenvalue weighted by Crippen LogP contribution is 2.51. The molecule has 0 spiro atoms. The average molecular weight is 372 g/mol. The van der Waals surface area contributed by atoms with Crippen molar-refractivity contribution in [3.8, 4) is 11.1 Å². The van der Waals surface area contributed by atoms with Crippen molar-refractivity contribution in [2.45, 2.75) is 23.6 Å². The normalized spacial score (nSPS) is 12.1. The summed E-state index contributed by atoms with van der Waals surface area (Å²) >= 11 is 3.71. The van der Waals surface area contributed by atoms with Gasteiger partial charge in [0.1, 0.15) is 0 Å². The molecule has 3 heterocycles. The lowest BCUT2D eigenvalue weighted by Gasteiger charge is -2.20. The Hall–Kier alpha value is -2.36. The second-order valence-corrected chi connectivity index (χ2v) is 8.22. The van der Waals surface area contributed by atoms with Crippen LogP contribution in [0.3, 0.4) is 0 Å². The smallest absolute Gasteiger partial charge is 0.0414 e. The van der Waals surface area contributed by atoms with Gasteiger partial charge in [0.25, 0.3) is 0 Å². The summed E-state index contributed by atoms with van der Waals surface area (Å²) in [5.74, 6) is 0. The fourth-order valence-electron chi connectivity index (χ4n) is 3.74. The van der Waals surface area contributed by atoms with E-state index < -0.39 is 0 Å². The van der Waals surface area contributed by atoms with Gasteiger partial charge in [-0.25, -0.2) is 0 Å². The van der Waals surface area contributed by atoms with Crippen LogP contribution in [0, 0.1) is 0 Å². The molecule has 1 aliphatic rings. The molecule has 1 aliphatic heterocycles. The lowest BCUT2D eigenvalue weighted by atomic mass is 9.96. The Morgan fingerprint density at radius 1 is 0.692 bits per heavy atom. The van der Waals surface area contributed by atoms with Crippen LogP contribution in [0.4, 0.5) is 0 Å². The topological polar surface area (TPSA) is 12.9 Å². The minimum Gasteiger partial charge on any atom is -0.263 e. The second-order valence-electron chi connectivity index (χ2n) is 6.05. The van der Waals surface area contributed by atoms with Crippen LogP contribution < -0.4 is 0 Å². The molecule has 0 N–H and O–H groups in total. The van der Waals surface area contributed by atoms with Crippen molar-refractivity contribution in [1.29, 1.82) is 0 Å². The van der Waals surface area contributed by atoms with Crippen LogP contribution in [0.2, 0.25) is 0 Å². The van der Waals surface area contributed by atoms with Crippen LogP contribution in [-0.4, -0.2) is 4.98 Å². The molecule has 0 unspecified atom stereocenters. The van der Waals surface area contributed by atoms with Crippen molar-refractivity contribution in [3.05, 3.63) is 67.0 Å². The summed E-state index contributed by atoms with van der Waals surface area (Å²) < 4.78 is 2.69. The minimum atomic E-state index is 1.26. The van der Waals surface area contributed by atoms with Crippen molar-refractivity contribution in [3.63, 3.8) is 0 Å². The number of rotatable bonds is 0. The number of aromatic nitrogens is 1. The van der Waals surface area contributed by atoms with Gasteiger partial charge in [-0.1, -0.05) is 62.0 Å². The molecule has 6 rings (SSSR count). The molecular formula is C23H17NS2. The van der Waals surface area contributed by atoms with Gasteiger partial charge < -0.3 is 0 Å². The molecule has 0 bridgehead atoms. The molecule has 3 aromatic carbocycles. The summed E-state index contributed by atoms with van der Waals surface area (Å²) in [7, 11) is 0. The number of hydrogen-bond donors (Lipinski definition) is 0. The quantitative estimate of drug-likeness (QED) is 0.270. The maximum atomic E-state index is 4.55. The molecule has 2 aromatic heterocycles. The molecule has 0 amide bonds. The fourth-order valence-corrected chi connectivity index (χ4v) is 6.01. The van der Waals surface area contributed by atoms with E-state index in [4.69, 9.17) is 0 Å². The molecule has 0 radical (unpaired) electrons. The van der Waals surface area contributed by atoms with Gasteiger partial charge in [-0.2, -0.15) is 0 Å². The Morgan fingerprint density at radius 2 is 1.50 bits per heavy atom. The molecule has 3 heteroatoms. The number of nitrogens with zero attached hydrogens (tertiary/aromatic N) is 1. The van der Waals surface area contributed by atoms with E-state index in [1.807, 2.05) is 49.3 Å².